The lowest BCUT2D eigenvalue weighted by atomic mass is 10.0. The normalized spacial score (nSPS) is 13.5. The van der Waals surface area contributed by atoms with Gasteiger partial charge in [-0.05, 0) is 63.5 Å². The predicted octanol–water partition coefficient (Wildman–Crippen LogP) is 5.83. The number of nitrogens with one attached hydrogen (secondary N) is 1. The molecule has 0 amide bonds. The number of nitrogens with two attached hydrogens (primary N) is 1. The van der Waals surface area contributed by atoms with Gasteiger partial charge in [-0.25, -0.2) is 4.98 Å². The number of anilines is 1. The van der Waals surface area contributed by atoms with Gasteiger partial charge in [0.25, 0.3) is 0 Å². The van der Waals surface area contributed by atoms with Crippen LogP contribution in [0.5, 0.6) is 0 Å². The first-order valence-electron chi connectivity index (χ1n) is 10.7. The molecular weight excluding hydrogens is 318 g/mol. The van der Waals surface area contributed by atoms with Gasteiger partial charge in [0.2, 0.25) is 0 Å². The van der Waals surface area contributed by atoms with Crippen LogP contribution in [-0.2, 0) is 12.8 Å². The number of unbranched alkanes of at least 4 members (excludes halogenated alkanes) is 4. The number of rotatable bonds is 15. The first-order chi connectivity index (χ1) is 12.6. The molecule has 0 aliphatic rings. The van der Waals surface area contributed by atoms with Crippen LogP contribution in [0.15, 0.2) is 24.8 Å². The van der Waals surface area contributed by atoms with Crippen LogP contribution in [0.25, 0.3) is 0 Å². The van der Waals surface area contributed by atoms with Crippen LogP contribution in [0, 0.1) is 0 Å². The summed E-state index contributed by atoms with van der Waals surface area (Å²) in [5.41, 5.74) is 8.28. The third-order valence-electron chi connectivity index (χ3n) is 5.29. The van der Waals surface area contributed by atoms with E-state index in [4.69, 9.17) is 5.73 Å². The summed E-state index contributed by atoms with van der Waals surface area (Å²) in [5, 5.41) is 3.77. The summed E-state index contributed by atoms with van der Waals surface area (Å²) in [5.74, 6) is 0.712. The summed E-state index contributed by atoms with van der Waals surface area (Å²) >= 11 is 0. The zero-order valence-electron chi connectivity index (χ0n) is 17.4. The van der Waals surface area contributed by atoms with Crippen molar-refractivity contribution in [1.82, 2.24) is 10.3 Å². The summed E-state index contributed by atoms with van der Waals surface area (Å²) in [6.07, 6.45) is 15.3. The maximum Gasteiger partial charge on any atom is 0.126 e. The second-order valence-corrected chi connectivity index (χ2v) is 7.55. The van der Waals surface area contributed by atoms with Crippen LogP contribution >= 0.6 is 0 Å². The van der Waals surface area contributed by atoms with E-state index in [0.717, 1.165) is 30.5 Å². The highest BCUT2D eigenvalue weighted by Gasteiger charge is 2.10. The number of nitrogens with zero attached hydrogens (tertiary/aromatic N) is 1. The maximum absolute atomic E-state index is 5.99. The Morgan fingerprint density at radius 2 is 1.85 bits per heavy atom. The van der Waals surface area contributed by atoms with Crippen molar-refractivity contribution in [2.75, 3.05) is 5.73 Å². The molecule has 3 heteroatoms. The second-order valence-electron chi connectivity index (χ2n) is 7.55. The third kappa shape index (κ3) is 9.38. The molecule has 0 radical (unpaired) electrons. The minimum Gasteiger partial charge on any atom is -0.383 e. The molecule has 2 atom stereocenters. The Bertz CT molecular complexity index is 498. The zero-order chi connectivity index (χ0) is 19.2. The van der Waals surface area contributed by atoms with Crippen molar-refractivity contribution in [3.8, 4) is 0 Å². The summed E-state index contributed by atoms with van der Waals surface area (Å²) in [7, 11) is 0. The van der Waals surface area contributed by atoms with Crippen molar-refractivity contribution in [3.63, 3.8) is 0 Å². The van der Waals surface area contributed by atoms with E-state index in [1.54, 1.807) is 0 Å². The van der Waals surface area contributed by atoms with Gasteiger partial charge >= 0.3 is 0 Å². The Balaban J connectivity index is 2.16. The van der Waals surface area contributed by atoms with Crippen LogP contribution in [0.3, 0.4) is 0 Å². The van der Waals surface area contributed by atoms with Crippen molar-refractivity contribution >= 4 is 5.82 Å². The van der Waals surface area contributed by atoms with E-state index in [0.29, 0.717) is 17.9 Å². The highest BCUT2D eigenvalue weighted by atomic mass is 14.9. The molecular formula is C23H41N3. The number of hydrogen-bond acceptors (Lipinski definition) is 3. The lowest BCUT2D eigenvalue weighted by molar-refractivity contribution is 0.385. The number of allylic oxidation sites excluding steroid dienone is 1. The number of pyridine rings is 1. The maximum atomic E-state index is 5.99. The highest BCUT2D eigenvalue weighted by Crippen LogP contribution is 2.15. The molecule has 0 aliphatic carbocycles. The second kappa shape index (κ2) is 13.8. The highest BCUT2D eigenvalue weighted by molar-refractivity contribution is 5.40. The monoisotopic (exact) mass is 359 g/mol. The molecule has 26 heavy (non-hydrogen) atoms. The van der Waals surface area contributed by atoms with E-state index in [9.17, 15) is 0 Å². The van der Waals surface area contributed by atoms with E-state index in [-0.39, 0.29) is 0 Å². The van der Waals surface area contributed by atoms with Gasteiger partial charge in [-0.3, -0.25) is 0 Å². The molecule has 148 valence electrons. The summed E-state index contributed by atoms with van der Waals surface area (Å²) in [6.45, 7) is 10.5. The minimum atomic E-state index is 0.615. The van der Waals surface area contributed by atoms with Crippen LogP contribution < -0.4 is 11.1 Å². The molecule has 0 bridgehead atoms. The Hall–Kier alpha value is -1.35. The van der Waals surface area contributed by atoms with Crippen molar-refractivity contribution in [1.29, 1.82) is 0 Å². The van der Waals surface area contributed by atoms with Gasteiger partial charge in [-0.2, -0.15) is 0 Å². The lowest BCUT2D eigenvalue weighted by Gasteiger charge is -2.22. The van der Waals surface area contributed by atoms with Crippen molar-refractivity contribution in [3.05, 3.63) is 36.0 Å². The topological polar surface area (TPSA) is 50.9 Å². The Morgan fingerprint density at radius 1 is 1.12 bits per heavy atom. The first kappa shape index (κ1) is 22.7. The quantitative estimate of drug-likeness (QED) is 0.306. The van der Waals surface area contributed by atoms with Crippen molar-refractivity contribution < 1.29 is 0 Å². The zero-order valence-corrected chi connectivity index (χ0v) is 17.4. The van der Waals surface area contributed by atoms with Crippen LogP contribution in [0.1, 0.15) is 89.8 Å². The third-order valence-corrected chi connectivity index (χ3v) is 5.29. The fraction of sp³-hybridized carbons (Fsp3) is 0.696. The fourth-order valence-electron chi connectivity index (χ4n) is 3.36. The van der Waals surface area contributed by atoms with Gasteiger partial charge in [0.15, 0.2) is 0 Å². The molecule has 0 spiro atoms. The molecule has 0 aromatic carbocycles. The molecule has 0 saturated heterocycles. The summed E-state index contributed by atoms with van der Waals surface area (Å²) in [6, 6.07) is 5.53. The Labute approximate surface area is 161 Å². The van der Waals surface area contributed by atoms with Gasteiger partial charge in [0.05, 0.1) is 0 Å². The minimum absolute atomic E-state index is 0.615. The van der Waals surface area contributed by atoms with E-state index in [1.807, 2.05) is 6.08 Å². The van der Waals surface area contributed by atoms with Crippen LogP contribution in [0.2, 0.25) is 0 Å². The van der Waals surface area contributed by atoms with E-state index >= 15 is 0 Å². The van der Waals surface area contributed by atoms with Gasteiger partial charge in [0, 0.05) is 17.8 Å². The fourth-order valence-corrected chi connectivity index (χ4v) is 3.36. The van der Waals surface area contributed by atoms with Gasteiger partial charge < -0.3 is 11.1 Å². The molecule has 0 saturated carbocycles. The largest absolute Gasteiger partial charge is 0.383 e. The van der Waals surface area contributed by atoms with Crippen LogP contribution in [-0.4, -0.2) is 17.1 Å². The van der Waals surface area contributed by atoms with Crippen LogP contribution in [0.4, 0.5) is 5.82 Å². The number of aryl methyl sites for hydroxylation is 2. The van der Waals surface area contributed by atoms with E-state index in [1.165, 1.54) is 51.4 Å². The van der Waals surface area contributed by atoms with Gasteiger partial charge in [0.1, 0.15) is 5.82 Å². The molecule has 2 unspecified atom stereocenters. The molecule has 3 nitrogen and oxygen atoms in total. The van der Waals surface area contributed by atoms with Gasteiger partial charge in [-0.1, -0.05) is 51.7 Å². The molecule has 0 fully saturated rings. The Kier molecular flexibility index (Phi) is 12.0. The molecule has 0 aliphatic heterocycles. The average Bonchev–Trinajstić information content (AvgIpc) is 2.64. The molecule has 1 heterocycles. The first-order valence-corrected chi connectivity index (χ1v) is 10.7. The standard InChI is InChI=1S/C23H41N3/c1-5-8-14-21(25-19(4)6-2)15-12-10-9-11-13-16-22-18-17-20(7-3)23(24)26-22/h5,17-19,21,25H,1,6-16H2,2-4H3,(H2,24,26). The Morgan fingerprint density at radius 3 is 2.50 bits per heavy atom. The van der Waals surface area contributed by atoms with Crippen molar-refractivity contribution in [2.45, 2.75) is 103 Å². The SMILES string of the molecule is C=CCCC(CCCCCCCc1ccc(CC)c(N)n1)NC(C)CC. The van der Waals surface area contributed by atoms with E-state index in [2.05, 4.69) is 49.8 Å². The average molecular weight is 360 g/mol. The number of nitrogen functional groups attached to an aromatic ring is 1. The lowest BCUT2D eigenvalue weighted by Crippen LogP contribution is -2.36. The number of aromatic nitrogens is 1. The molecule has 1 rings (SSSR count). The molecule has 1 aromatic rings. The summed E-state index contributed by atoms with van der Waals surface area (Å²) < 4.78 is 0. The van der Waals surface area contributed by atoms with E-state index < -0.39 is 0 Å². The molecule has 1 aromatic heterocycles. The predicted molar refractivity (Wildman–Crippen MR) is 116 cm³/mol. The smallest absolute Gasteiger partial charge is 0.126 e. The molecule has 3 N–H and O–H groups in total. The number of hydrogen-bond donors (Lipinski definition) is 2. The van der Waals surface area contributed by atoms with Crippen molar-refractivity contribution in [2.24, 2.45) is 0 Å². The summed E-state index contributed by atoms with van der Waals surface area (Å²) in [4.78, 5) is 4.53. The van der Waals surface area contributed by atoms with Gasteiger partial charge in [-0.15, -0.1) is 6.58 Å².